The summed E-state index contributed by atoms with van der Waals surface area (Å²) in [7, 11) is -4.39. The van der Waals surface area contributed by atoms with Gasteiger partial charge in [0.1, 0.15) is 11.5 Å². The lowest BCUT2D eigenvalue weighted by Crippen LogP contribution is -2.23. The van der Waals surface area contributed by atoms with Gasteiger partial charge in [0.2, 0.25) is 9.84 Å². The van der Waals surface area contributed by atoms with Crippen LogP contribution in [0.3, 0.4) is 0 Å². The molecule has 2 N–H and O–H groups in total. The Hall–Kier alpha value is -3.73. The number of fused-ring (bicyclic) bond motifs is 1. The quantitative estimate of drug-likeness (QED) is 0.415. The molecule has 0 aliphatic rings. The number of carbonyl (C=O) groups is 1. The molecule has 0 aliphatic carbocycles. The molecule has 2 aromatic carbocycles. The standard InChI is InChI=1S/C22H15F4N3O3S/c23-16-8-15(22(24,25)26)9-18(10-16)33(31,32)17-3-1-13(2-4-17)11-28-21(30)19-7-14-5-6-27-12-20(14)29-19/h1-10,12,29H,11H2,(H,28,30). The molecule has 0 saturated heterocycles. The summed E-state index contributed by atoms with van der Waals surface area (Å²) in [6.45, 7) is 0.0744. The van der Waals surface area contributed by atoms with Crippen LogP contribution in [-0.4, -0.2) is 24.3 Å². The highest BCUT2D eigenvalue weighted by Gasteiger charge is 2.33. The Bertz CT molecular complexity index is 1410. The van der Waals surface area contributed by atoms with Crippen molar-refractivity contribution in [2.75, 3.05) is 0 Å². The number of hydrogen-bond acceptors (Lipinski definition) is 4. The summed E-state index contributed by atoms with van der Waals surface area (Å²) in [5, 5.41) is 3.50. The Labute approximate surface area is 185 Å². The lowest BCUT2D eigenvalue weighted by atomic mass is 10.2. The number of aromatic amines is 1. The number of alkyl halides is 3. The maximum Gasteiger partial charge on any atom is 0.416 e. The predicted octanol–water partition coefficient (Wildman–Crippen LogP) is 4.48. The molecule has 4 aromatic rings. The average molecular weight is 477 g/mol. The van der Waals surface area contributed by atoms with Crippen LogP contribution in [0.5, 0.6) is 0 Å². The summed E-state index contributed by atoms with van der Waals surface area (Å²) in [5.41, 5.74) is 0.176. The second kappa shape index (κ2) is 8.32. The normalized spacial score (nSPS) is 12.1. The number of carbonyl (C=O) groups excluding carboxylic acids is 1. The van der Waals surface area contributed by atoms with Gasteiger partial charge in [-0.1, -0.05) is 12.1 Å². The lowest BCUT2D eigenvalue weighted by Gasteiger charge is -2.11. The van der Waals surface area contributed by atoms with Crippen LogP contribution in [0.25, 0.3) is 10.9 Å². The van der Waals surface area contributed by atoms with Crippen molar-refractivity contribution in [3.05, 3.63) is 89.6 Å². The molecule has 2 aromatic heterocycles. The number of rotatable bonds is 5. The largest absolute Gasteiger partial charge is 0.416 e. The van der Waals surface area contributed by atoms with Gasteiger partial charge in [-0.2, -0.15) is 13.2 Å². The van der Waals surface area contributed by atoms with Crippen LogP contribution in [0.2, 0.25) is 0 Å². The summed E-state index contributed by atoms with van der Waals surface area (Å²) in [6, 6.07) is 9.76. The van der Waals surface area contributed by atoms with Gasteiger partial charge in [0, 0.05) is 18.1 Å². The highest BCUT2D eigenvalue weighted by atomic mass is 32.2. The summed E-state index contributed by atoms with van der Waals surface area (Å²) in [5.74, 6) is -1.70. The number of benzene rings is 2. The minimum atomic E-state index is -4.89. The molecule has 4 rings (SSSR count). The third-order valence-electron chi connectivity index (χ3n) is 4.86. The third kappa shape index (κ3) is 4.72. The van der Waals surface area contributed by atoms with Crippen LogP contribution in [0.4, 0.5) is 17.6 Å². The Balaban J connectivity index is 1.50. The van der Waals surface area contributed by atoms with Gasteiger partial charge >= 0.3 is 6.18 Å². The molecule has 0 radical (unpaired) electrons. The summed E-state index contributed by atoms with van der Waals surface area (Å²) >= 11 is 0. The topological polar surface area (TPSA) is 91.9 Å². The molecule has 11 heteroatoms. The molecule has 170 valence electrons. The van der Waals surface area contributed by atoms with Gasteiger partial charge in [-0.15, -0.1) is 0 Å². The number of sulfone groups is 1. The van der Waals surface area contributed by atoms with E-state index in [0.717, 1.165) is 5.39 Å². The predicted molar refractivity (Wildman–Crippen MR) is 111 cm³/mol. The van der Waals surface area contributed by atoms with Gasteiger partial charge in [-0.3, -0.25) is 9.78 Å². The van der Waals surface area contributed by atoms with E-state index in [1.807, 2.05) is 0 Å². The van der Waals surface area contributed by atoms with Crippen LogP contribution < -0.4 is 5.32 Å². The van der Waals surface area contributed by atoms with E-state index in [9.17, 15) is 30.8 Å². The molecule has 2 heterocycles. The number of hydrogen-bond donors (Lipinski definition) is 2. The number of aromatic nitrogens is 2. The van der Waals surface area contributed by atoms with Gasteiger partial charge < -0.3 is 10.3 Å². The molecule has 0 aliphatic heterocycles. The average Bonchev–Trinajstić information content (AvgIpc) is 3.21. The van der Waals surface area contributed by atoms with Gasteiger partial charge in [0.05, 0.1) is 27.1 Å². The van der Waals surface area contributed by atoms with E-state index in [0.29, 0.717) is 28.9 Å². The first-order valence-corrected chi connectivity index (χ1v) is 10.9. The smallest absolute Gasteiger partial charge is 0.349 e. The zero-order chi connectivity index (χ0) is 23.8. The number of nitrogens with one attached hydrogen (secondary N) is 2. The maximum atomic E-state index is 13.6. The molecule has 0 unspecified atom stereocenters. The van der Waals surface area contributed by atoms with Crippen LogP contribution in [0, 0.1) is 5.82 Å². The second-order valence-corrected chi connectivity index (χ2v) is 9.10. The highest BCUT2D eigenvalue weighted by molar-refractivity contribution is 7.91. The van der Waals surface area contributed by atoms with Crippen molar-refractivity contribution < 1.29 is 30.8 Å². The maximum absolute atomic E-state index is 13.6. The van der Waals surface area contributed by atoms with E-state index in [2.05, 4.69) is 15.3 Å². The van der Waals surface area contributed by atoms with Gasteiger partial charge in [0.15, 0.2) is 0 Å². The fourth-order valence-electron chi connectivity index (χ4n) is 3.18. The third-order valence-corrected chi connectivity index (χ3v) is 6.61. The number of halogens is 4. The fraction of sp³-hybridized carbons (Fsp3) is 0.0909. The van der Waals surface area contributed by atoms with Crippen LogP contribution in [-0.2, 0) is 22.6 Å². The lowest BCUT2D eigenvalue weighted by molar-refractivity contribution is -0.137. The second-order valence-electron chi connectivity index (χ2n) is 7.15. The zero-order valence-electron chi connectivity index (χ0n) is 16.7. The Morgan fingerprint density at radius 3 is 2.39 bits per heavy atom. The van der Waals surface area contributed by atoms with Crippen LogP contribution >= 0.6 is 0 Å². The van der Waals surface area contributed by atoms with Crippen molar-refractivity contribution in [2.24, 2.45) is 0 Å². The van der Waals surface area contributed by atoms with Crippen molar-refractivity contribution in [1.82, 2.24) is 15.3 Å². The first-order valence-electron chi connectivity index (χ1n) is 9.47. The Morgan fingerprint density at radius 1 is 1.00 bits per heavy atom. The van der Waals surface area contributed by atoms with Gasteiger partial charge in [-0.25, -0.2) is 12.8 Å². The number of pyridine rings is 1. The molecule has 0 saturated carbocycles. The van der Waals surface area contributed by atoms with Gasteiger partial charge in [-0.05, 0) is 48.0 Å². The molecular formula is C22H15F4N3O3S. The molecule has 0 spiro atoms. The van der Waals surface area contributed by atoms with E-state index in [4.69, 9.17) is 0 Å². The van der Waals surface area contributed by atoms with E-state index in [1.54, 1.807) is 24.5 Å². The first kappa shape index (κ1) is 22.5. The molecule has 0 fully saturated rings. The molecule has 0 bridgehead atoms. The zero-order valence-corrected chi connectivity index (χ0v) is 17.5. The molecule has 0 atom stereocenters. The summed E-state index contributed by atoms with van der Waals surface area (Å²) in [4.78, 5) is 18.1. The highest BCUT2D eigenvalue weighted by Crippen LogP contribution is 2.33. The van der Waals surface area contributed by atoms with E-state index < -0.39 is 32.3 Å². The van der Waals surface area contributed by atoms with Crippen LogP contribution in [0.1, 0.15) is 21.6 Å². The Kier molecular flexibility index (Phi) is 5.66. The molecule has 33 heavy (non-hydrogen) atoms. The van der Waals surface area contributed by atoms with Crippen molar-refractivity contribution in [1.29, 1.82) is 0 Å². The van der Waals surface area contributed by atoms with Crippen molar-refractivity contribution in [3.63, 3.8) is 0 Å². The fourth-order valence-corrected chi connectivity index (χ4v) is 4.49. The monoisotopic (exact) mass is 477 g/mol. The van der Waals surface area contributed by atoms with E-state index >= 15 is 0 Å². The first-order chi connectivity index (χ1) is 15.5. The molecule has 6 nitrogen and oxygen atoms in total. The van der Waals surface area contributed by atoms with Crippen molar-refractivity contribution in [3.8, 4) is 0 Å². The number of amides is 1. The summed E-state index contributed by atoms with van der Waals surface area (Å²) < 4.78 is 77.8. The minimum absolute atomic E-state index is 0.0744. The SMILES string of the molecule is O=C(NCc1ccc(S(=O)(=O)c2cc(F)cc(C(F)(F)F)c2)cc1)c1cc2ccncc2[nH]1. The minimum Gasteiger partial charge on any atom is -0.349 e. The van der Waals surface area contributed by atoms with E-state index in [1.165, 1.54) is 24.3 Å². The number of nitrogens with zero attached hydrogens (tertiary/aromatic N) is 1. The number of H-pyrrole nitrogens is 1. The Morgan fingerprint density at radius 2 is 1.73 bits per heavy atom. The van der Waals surface area contributed by atoms with Crippen molar-refractivity contribution in [2.45, 2.75) is 22.5 Å². The van der Waals surface area contributed by atoms with Crippen molar-refractivity contribution >= 4 is 26.6 Å². The van der Waals surface area contributed by atoms with E-state index in [-0.39, 0.29) is 23.4 Å². The molecular weight excluding hydrogens is 462 g/mol. The van der Waals surface area contributed by atoms with Crippen LogP contribution in [0.15, 0.2) is 76.8 Å². The molecule has 1 amide bonds. The van der Waals surface area contributed by atoms with Gasteiger partial charge in [0.25, 0.3) is 5.91 Å². The summed E-state index contributed by atoms with van der Waals surface area (Å²) in [6.07, 6.45) is -1.71.